The molecule has 0 fully saturated rings. The number of hydrazine groups is 1. The van der Waals surface area contributed by atoms with Gasteiger partial charge in [-0.2, -0.15) is 13.2 Å². The fourth-order valence-corrected chi connectivity index (χ4v) is 2.40. The average molecular weight is 335 g/mol. The van der Waals surface area contributed by atoms with Crippen molar-refractivity contribution in [1.29, 1.82) is 0 Å². The molecule has 2 aromatic carbocycles. The summed E-state index contributed by atoms with van der Waals surface area (Å²) in [5, 5.41) is 0.779. The van der Waals surface area contributed by atoms with E-state index in [1.165, 1.54) is 12.1 Å². The normalized spacial score (nSPS) is 13.2. The first kappa shape index (κ1) is 16.1. The largest absolute Gasteiger partial charge is 0.416 e. The van der Waals surface area contributed by atoms with Crippen LogP contribution in [0.3, 0.4) is 0 Å². The molecule has 0 saturated carbocycles. The molecule has 0 aromatic heterocycles. The van der Waals surface area contributed by atoms with Gasteiger partial charge < -0.3 is 0 Å². The minimum atomic E-state index is -4.42. The Labute approximate surface area is 129 Å². The molecule has 7 heteroatoms. The molecule has 112 valence electrons. The summed E-state index contributed by atoms with van der Waals surface area (Å²) < 4.78 is 38.3. The van der Waals surface area contributed by atoms with Crippen molar-refractivity contribution in [2.24, 2.45) is 5.84 Å². The summed E-state index contributed by atoms with van der Waals surface area (Å²) in [6, 6.07) is 8.91. The highest BCUT2D eigenvalue weighted by molar-refractivity contribution is 6.33. The molecule has 0 amide bonds. The predicted octanol–water partition coefficient (Wildman–Crippen LogP) is 4.56. The monoisotopic (exact) mass is 334 g/mol. The van der Waals surface area contributed by atoms with Gasteiger partial charge in [0, 0.05) is 10.0 Å². The Hall–Kier alpha value is -1.27. The number of nitrogens with one attached hydrogen (secondary N) is 1. The third-order valence-electron chi connectivity index (χ3n) is 2.98. The van der Waals surface area contributed by atoms with E-state index in [2.05, 4.69) is 5.43 Å². The highest BCUT2D eigenvalue weighted by Crippen LogP contribution is 2.34. The van der Waals surface area contributed by atoms with E-state index in [1.54, 1.807) is 18.2 Å². The molecular weight excluding hydrogens is 324 g/mol. The number of hydrogen-bond donors (Lipinski definition) is 2. The van der Waals surface area contributed by atoms with E-state index in [9.17, 15) is 13.2 Å². The molecule has 2 rings (SSSR count). The number of rotatable bonds is 3. The van der Waals surface area contributed by atoms with Gasteiger partial charge in [-0.25, -0.2) is 5.43 Å². The Kier molecular flexibility index (Phi) is 4.78. The summed E-state index contributed by atoms with van der Waals surface area (Å²) in [5.74, 6) is 5.48. The van der Waals surface area contributed by atoms with E-state index in [0.717, 1.165) is 12.1 Å². The van der Waals surface area contributed by atoms with E-state index in [1.807, 2.05) is 0 Å². The van der Waals surface area contributed by atoms with Crippen molar-refractivity contribution in [3.8, 4) is 0 Å². The van der Waals surface area contributed by atoms with Crippen molar-refractivity contribution >= 4 is 23.2 Å². The van der Waals surface area contributed by atoms with Crippen LogP contribution in [0.1, 0.15) is 22.7 Å². The van der Waals surface area contributed by atoms with Crippen LogP contribution in [0.15, 0.2) is 42.5 Å². The molecule has 0 spiro atoms. The lowest BCUT2D eigenvalue weighted by molar-refractivity contribution is -0.137. The molecule has 0 aliphatic heterocycles. The molecule has 2 aromatic rings. The summed E-state index contributed by atoms with van der Waals surface area (Å²) >= 11 is 12.0. The second kappa shape index (κ2) is 6.23. The maximum absolute atomic E-state index is 12.8. The van der Waals surface area contributed by atoms with E-state index in [0.29, 0.717) is 21.2 Å². The zero-order valence-corrected chi connectivity index (χ0v) is 12.1. The van der Waals surface area contributed by atoms with Gasteiger partial charge in [-0.15, -0.1) is 0 Å². The van der Waals surface area contributed by atoms with Crippen molar-refractivity contribution in [1.82, 2.24) is 5.43 Å². The lowest BCUT2D eigenvalue weighted by atomic mass is 9.97. The second-order valence-corrected chi connectivity index (χ2v) is 5.23. The Morgan fingerprint density at radius 2 is 1.76 bits per heavy atom. The molecule has 0 bridgehead atoms. The Morgan fingerprint density at radius 1 is 1.05 bits per heavy atom. The van der Waals surface area contributed by atoms with E-state index < -0.39 is 17.8 Å². The number of alkyl halides is 3. The molecule has 21 heavy (non-hydrogen) atoms. The van der Waals surface area contributed by atoms with Gasteiger partial charge in [0.05, 0.1) is 11.6 Å². The van der Waals surface area contributed by atoms with E-state index >= 15 is 0 Å². The topological polar surface area (TPSA) is 38.0 Å². The number of halogens is 5. The Morgan fingerprint density at radius 3 is 2.38 bits per heavy atom. The smallest absolute Gasteiger partial charge is 0.271 e. The lowest BCUT2D eigenvalue weighted by Crippen LogP contribution is -2.29. The van der Waals surface area contributed by atoms with Gasteiger partial charge in [0.2, 0.25) is 0 Å². The SMILES string of the molecule is NNC(c1cccc(C(F)(F)F)c1)c1cc(Cl)ccc1Cl. The van der Waals surface area contributed by atoms with Gasteiger partial charge in [0.1, 0.15) is 0 Å². The third kappa shape index (κ3) is 3.68. The fraction of sp³-hybridized carbons (Fsp3) is 0.143. The molecule has 0 saturated heterocycles. The minimum absolute atomic E-state index is 0.344. The van der Waals surface area contributed by atoms with Crippen LogP contribution < -0.4 is 11.3 Å². The maximum Gasteiger partial charge on any atom is 0.416 e. The first-order chi connectivity index (χ1) is 9.82. The third-order valence-corrected chi connectivity index (χ3v) is 3.56. The van der Waals surface area contributed by atoms with Crippen molar-refractivity contribution in [3.63, 3.8) is 0 Å². The summed E-state index contributed by atoms with van der Waals surface area (Å²) in [4.78, 5) is 0. The van der Waals surface area contributed by atoms with Crippen LogP contribution in [-0.2, 0) is 6.18 Å². The van der Waals surface area contributed by atoms with E-state index in [4.69, 9.17) is 29.0 Å². The van der Waals surface area contributed by atoms with Crippen molar-refractivity contribution < 1.29 is 13.2 Å². The average Bonchev–Trinajstić information content (AvgIpc) is 2.43. The van der Waals surface area contributed by atoms with Crippen LogP contribution in [0.25, 0.3) is 0 Å². The fourth-order valence-electron chi connectivity index (χ4n) is 2.00. The van der Waals surface area contributed by atoms with E-state index in [-0.39, 0.29) is 0 Å². The second-order valence-electron chi connectivity index (χ2n) is 4.39. The summed E-state index contributed by atoms with van der Waals surface area (Å²) in [6.45, 7) is 0. The molecule has 0 aliphatic rings. The Bertz CT molecular complexity index is 644. The van der Waals surface area contributed by atoms with Gasteiger partial charge in [0.15, 0.2) is 0 Å². The quantitative estimate of drug-likeness (QED) is 0.637. The standard InChI is InChI=1S/C14H11Cl2F3N2/c15-10-4-5-12(16)11(7-10)13(21-20)8-2-1-3-9(6-8)14(17,18)19/h1-7,13,21H,20H2. The van der Waals surface area contributed by atoms with Crippen LogP contribution in [0.5, 0.6) is 0 Å². The van der Waals surface area contributed by atoms with Crippen molar-refractivity contribution in [2.75, 3.05) is 0 Å². The highest BCUT2D eigenvalue weighted by atomic mass is 35.5. The zero-order chi connectivity index (χ0) is 15.6. The number of nitrogens with two attached hydrogens (primary N) is 1. The van der Waals surface area contributed by atoms with Crippen molar-refractivity contribution in [3.05, 3.63) is 69.2 Å². The predicted molar refractivity (Wildman–Crippen MR) is 77.1 cm³/mol. The lowest BCUT2D eigenvalue weighted by Gasteiger charge is -2.19. The number of hydrogen-bond acceptors (Lipinski definition) is 2. The zero-order valence-electron chi connectivity index (χ0n) is 10.6. The Balaban J connectivity index is 2.49. The van der Waals surface area contributed by atoms with Gasteiger partial charge in [0.25, 0.3) is 0 Å². The van der Waals surface area contributed by atoms with Crippen LogP contribution >= 0.6 is 23.2 Å². The first-order valence-corrected chi connectivity index (χ1v) is 6.66. The molecular formula is C14H11Cl2F3N2. The van der Waals surface area contributed by atoms with Gasteiger partial charge in [-0.05, 0) is 41.5 Å². The molecule has 1 unspecified atom stereocenters. The highest BCUT2D eigenvalue weighted by Gasteiger charge is 2.31. The van der Waals surface area contributed by atoms with Gasteiger partial charge >= 0.3 is 6.18 Å². The van der Waals surface area contributed by atoms with Crippen LogP contribution in [0.2, 0.25) is 10.0 Å². The molecule has 2 nitrogen and oxygen atoms in total. The minimum Gasteiger partial charge on any atom is -0.271 e. The number of benzene rings is 2. The molecule has 0 heterocycles. The molecule has 0 radical (unpaired) electrons. The van der Waals surface area contributed by atoms with Gasteiger partial charge in [-0.3, -0.25) is 5.84 Å². The van der Waals surface area contributed by atoms with Crippen LogP contribution in [-0.4, -0.2) is 0 Å². The molecule has 1 atom stereocenters. The van der Waals surface area contributed by atoms with Gasteiger partial charge in [-0.1, -0.05) is 35.3 Å². The molecule has 0 aliphatic carbocycles. The summed E-state index contributed by atoms with van der Waals surface area (Å²) in [6.07, 6.45) is -4.42. The summed E-state index contributed by atoms with van der Waals surface area (Å²) in [7, 11) is 0. The first-order valence-electron chi connectivity index (χ1n) is 5.91. The molecule has 3 N–H and O–H groups in total. The van der Waals surface area contributed by atoms with Crippen molar-refractivity contribution in [2.45, 2.75) is 12.2 Å². The maximum atomic E-state index is 12.8. The summed E-state index contributed by atoms with van der Waals surface area (Å²) in [5.41, 5.74) is 2.57. The van der Waals surface area contributed by atoms with Crippen LogP contribution in [0.4, 0.5) is 13.2 Å². The van der Waals surface area contributed by atoms with Crippen LogP contribution in [0, 0.1) is 0 Å².